The number of rotatable bonds is 3. The Hall–Kier alpha value is -0.650. The molecule has 0 spiro atoms. The summed E-state index contributed by atoms with van der Waals surface area (Å²) in [4.78, 5) is 4.62. The fourth-order valence-electron chi connectivity index (χ4n) is 0.634. The molecule has 1 aromatic heterocycles. The molecule has 0 aliphatic rings. The first-order chi connectivity index (χ1) is 5.27. The van der Waals surface area contributed by atoms with Gasteiger partial charge in [-0.05, 0) is 0 Å². The Morgan fingerprint density at radius 2 is 2.64 bits per heavy atom. The molecule has 0 aromatic carbocycles. The van der Waals surface area contributed by atoms with Gasteiger partial charge in [0.15, 0.2) is 0 Å². The van der Waals surface area contributed by atoms with Gasteiger partial charge in [0.1, 0.15) is 6.10 Å². The smallest absolute Gasteiger partial charge is 0.273 e. The number of aliphatic hydroxyl groups excluding tert-OH is 1. The first kappa shape index (κ1) is 8.45. The van der Waals surface area contributed by atoms with Crippen LogP contribution in [0.25, 0.3) is 0 Å². The Bertz CT molecular complexity index is 226. The predicted molar refractivity (Wildman–Crippen MR) is 42.7 cm³/mol. The Morgan fingerprint density at radius 1 is 1.91 bits per heavy atom. The van der Waals surface area contributed by atoms with Gasteiger partial charge < -0.3 is 15.6 Å². The summed E-state index contributed by atoms with van der Waals surface area (Å²) in [6, 6.07) is 0. The lowest BCUT2D eigenvalue weighted by Crippen LogP contribution is -2.09. The van der Waals surface area contributed by atoms with Gasteiger partial charge in [-0.15, -0.1) is 0 Å². The molecule has 0 amide bonds. The van der Waals surface area contributed by atoms with Gasteiger partial charge in [0.05, 0.1) is 12.0 Å². The maximum atomic E-state index is 9.23. The van der Waals surface area contributed by atoms with Crippen LogP contribution in [-0.2, 0) is 0 Å². The summed E-state index contributed by atoms with van der Waals surface area (Å²) in [5.41, 5.74) is 5.24. The van der Waals surface area contributed by atoms with Gasteiger partial charge in [0.2, 0.25) is 0 Å². The Labute approximate surface area is 68.6 Å². The van der Waals surface area contributed by atoms with Crippen LogP contribution in [0.1, 0.15) is 11.0 Å². The fourth-order valence-corrected chi connectivity index (χ4v) is 1.36. The van der Waals surface area contributed by atoms with Crippen molar-refractivity contribution >= 4 is 11.3 Å². The molecule has 3 N–H and O–H groups in total. The largest absolute Gasteiger partial charge is 0.473 e. The molecule has 1 aromatic rings. The van der Waals surface area contributed by atoms with Crippen molar-refractivity contribution in [1.82, 2.24) is 4.98 Å². The van der Waals surface area contributed by atoms with Crippen molar-refractivity contribution < 1.29 is 9.84 Å². The van der Waals surface area contributed by atoms with E-state index in [1.165, 1.54) is 18.4 Å². The van der Waals surface area contributed by atoms with Crippen LogP contribution in [-0.4, -0.2) is 23.7 Å². The summed E-state index contributed by atoms with van der Waals surface area (Å²) < 4.78 is 4.84. The fraction of sp³-hybridized carbons (Fsp3) is 0.500. The van der Waals surface area contributed by atoms with Crippen LogP contribution in [0, 0.1) is 0 Å². The van der Waals surface area contributed by atoms with E-state index in [-0.39, 0.29) is 6.54 Å². The zero-order valence-electron chi connectivity index (χ0n) is 6.15. The van der Waals surface area contributed by atoms with Crippen LogP contribution >= 0.6 is 11.3 Å². The number of nitrogens with two attached hydrogens (primary N) is 1. The number of hydrogen-bond donors (Lipinski definition) is 2. The summed E-state index contributed by atoms with van der Waals surface area (Å²) in [7, 11) is 1.54. The number of aliphatic hydroxyl groups is 1. The van der Waals surface area contributed by atoms with Gasteiger partial charge in [0, 0.05) is 12.7 Å². The molecule has 11 heavy (non-hydrogen) atoms. The van der Waals surface area contributed by atoms with Gasteiger partial charge in [-0.3, -0.25) is 0 Å². The second-order valence-electron chi connectivity index (χ2n) is 1.98. The molecule has 0 radical (unpaired) electrons. The van der Waals surface area contributed by atoms with Gasteiger partial charge in [-0.25, -0.2) is 4.98 Å². The van der Waals surface area contributed by atoms with E-state index in [0.717, 1.165) is 4.88 Å². The van der Waals surface area contributed by atoms with Crippen LogP contribution < -0.4 is 10.5 Å². The van der Waals surface area contributed by atoms with E-state index in [4.69, 9.17) is 10.5 Å². The summed E-state index contributed by atoms with van der Waals surface area (Å²) in [5.74, 6) is 0. The van der Waals surface area contributed by atoms with Crippen LogP contribution in [0.5, 0.6) is 5.19 Å². The zero-order valence-corrected chi connectivity index (χ0v) is 6.97. The Kier molecular flexibility index (Phi) is 2.81. The van der Waals surface area contributed by atoms with Crippen LogP contribution in [0.4, 0.5) is 0 Å². The van der Waals surface area contributed by atoms with Crippen LogP contribution in [0.3, 0.4) is 0 Å². The second-order valence-corrected chi connectivity index (χ2v) is 3.01. The summed E-state index contributed by atoms with van der Waals surface area (Å²) in [6.07, 6.45) is 0.956. The minimum Gasteiger partial charge on any atom is -0.473 e. The van der Waals surface area contributed by atoms with E-state index >= 15 is 0 Å². The van der Waals surface area contributed by atoms with Crippen molar-refractivity contribution in [1.29, 1.82) is 0 Å². The Balaban J connectivity index is 2.71. The van der Waals surface area contributed by atoms with Crippen molar-refractivity contribution in [3.05, 3.63) is 11.1 Å². The molecule has 0 unspecified atom stereocenters. The molecule has 0 fully saturated rings. The highest BCUT2D eigenvalue weighted by Crippen LogP contribution is 2.24. The molecule has 0 aliphatic carbocycles. The lowest BCUT2D eigenvalue weighted by Gasteiger charge is -2.00. The van der Waals surface area contributed by atoms with E-state index < -0.39 is 6.10 Å². The number of hydrogen-bond acceptors (Lipinski definition) is 5. The average Bonchev–Trinajstić information content (AvgIpc) is 2.50. The molecule has 1 rings (SSSR count). The average molecular weight is 174 g/mol. The lowest BCUT2D eigenvalue weighted by atomic mass is 10.3. The number of ether oxygens (including phenoxy) is 1. The number of thiazole rings is 1. The third-order valence-electron chi connectivity index (χ3n) is 1.23. The minimum absolute atomic E-state index is 0.214. The van der Waals surface area contributed by atoms with Gasteiger partial charge >= 0.3 is 0 Å². The predicted octanol–water partition coefficient (Wildman–Crippen LogP) is 0.144. The van der Waals surface area contributed by atoms with Crippen molar-refractivity contribution in [2.45, 2.75) is 6.10 Å². The first-order valence-corrected chi connectivity index (χ1v) is 3.97. The highest BCUT2D eigenvalue weighted by Gasteiger charge is 2.09. The SMILES string of the molecule is COc1ncc([C@@H](O)CN)s1. The first-order valence-electron chi connectivity index (χ1n) is 3.15. The summed E-state index contributed by atoms with van der Waals surface area (Å²) in [6.45, 7) is 0.214. The summed E-state index contributed by atoms with van der Waals surface area (Å²) >= 11 is 1.30. The maximum Gasteiger partial charge on any atom is 0.273 e. The molecule has 0 saturated heterocycles. The normalized spacial score (nSPS) is 13.0. The van der Waals surface area contributed by atoms with E-state index in [2.05, 4.69) is 4.98 Å². The molecule has 0 bridgehead atoms. The van der Waals surface area contributed by atoms with E-state index in [1.807, 2.05) is 0 Å². The molecule has 0 saturated carbocycles. The minimum atomic E-state index is -0.614. The zero-order chi connectivity index (χ0) is 8.27. The van der Waals surface area contributed by atoms with Gasteiger partial charge in [-0.1, -0.05) is 11.3 Å². The molecule has 0 aliphatic heterocycles. The van der Waals surface area contributed by atoms with Crippen LogP contribution in [0.2, 0.25) is 0 Å². The molecular formula is C6H10N2O2S. The quantitative estimate of drug-likeness (QED) is 0.684. The summed E-state index contributed by atoms with van der Waals surface area (Å²) in [5, 5.41) is 9.78. The molecule has 1 atom stereocenters. The lowest BCUT2D eigenvalue weighted by molar-refractivity contribution is 0.190. The molecule has 62 valence electrons. The van der Waals surface area contributed by atoms with Gasteiger partial charge in [-0.2, -0.15) is 0 Å². The highest BCUT2D eigenvalue weighted by molar-refractivity contribution is 7.13. The van der Waals surface area contributed by atoms with Crippen LogP contribution in [0.15, 0.2) is 6.20 Å². The van der Waals surface area contributed by atoms with Crippen molar-refractivity contribution in [2.24, 2.45) is 5.73 Å². The number of methoxy groups -OCH3 is 1. The third kappa shape index (κ3) is 1.89. The third-order valence-corrected chi connectivity index (χ3v) is 2.29. The topological polar surface area (TPSA) is 68.4 Å². The van der Waals surface area contributed by atoms with Crippen molar-refractivity contribution in [2.75, 3.05) is 13.7 Å². The second kappa shape index (κ2) is 3.66. The molecule has 5 heteroatoms. The van der Waals surface area contributed by atoms with Gasteiger partial charge in [0.25, 0.3) is 5.19 Å². The van der Waals surface area contributed by atoms with Crippen molar-refractivity contribution in [3.8, 4) is 5.19 Å². The van der Waals surface area contributed by atoms with E-state index in [0.29, 0.717) is 5.19 Å². The van der Waals surface area contributed by atoms with E-state index in [9.17, 15) is 5.11 Å². The number of aromatic nitrogens is 1. The molecule has 4 nitrogen and oxygen atoms in total. The molecular weight excluding hydrogens is 164 g/mol. The van der Waals surface area contributed by atoms with E-state index in [1.54, 1.807) is 6.20 Å². The monoisotopic (exact) mass is 174 g/mol. The molecule has 1 heterocycles. The van der Waals surface area contributed by atoms with Crippen molar-refractivity contribution in [3.63, 3.8) is 0 Å². The number of nitrogens with zero attached hydrogens (tertiary/aromatic N) is 1. The maximum absolute atomic E-state index is 9.23. The Morgan fingerprint density at radius 3 is 3.09 bits per heavy atom. The highest BCUT2D eigenvalue weighted by atomic mass is 32.1. The standard InChI is InChI=1S/C6H10N2O2S/c1-10-6-8-3-5(11-6)4(9)2-7/h3-4,9H,2,7H2,1H3/t4-/m0/s1.